The van der Waals surface area contributed by atoms with Crippen molar-refractivity contribution in [3.63, 3.8) is 0 Å². The van der Waals surface area contributed by atoms with Crippen molar-refractivity contribution in [2.24, 2.45) is 0 Å². The Labute approximate surface area is 116 Å². The van der Waals surface area contributed by atoms with Gasteiger partial charge in [-0.1, -0.05) is 48.5 Å². The number of hydrogen-bond donors (Lipinski definition) is 0. The number of fused-ring (bicyclic) bond motifs is 3. The minimum absolute atomic E-state index is 0.0195. The lowest BCUT2D eigenvalue weighted by atomic mass is 9.92. The molecule has 19 heavy (non-hydrogen) atoms. The molecule has 0 aliphatic carbocycles. The highest BCUT2D eigenvalue weighted by molar-refractivity contribution is 7.10. The zero-order valence-corrected chi connectivity index (χ0v) is 11.1. The summed E-state index contributed by atoms with van der Waals surface area (Å²) < 4.78 is 6.21. The van der Waals surface area contributed by atoms with Gasteiger partial charge in [0.1, 0.15) is 5.75 Å². The summed E-state index contributed by atoms with van der Waals surface area (Å²) in [6, 6.07) is 21.0. The van der Waals surface area contributed by atoms with Gasteiger partial charge < -0.3 is 4.74 Å². The van der Waals surface area contributed by atoms with Gasteiger partial charge in [-0.2, -0.15) is 0 Å². The maximum absolute atomic E-state index is 6.21. The molecule has 1 aliphatic rings. The molecule has 92 valence electrons. The third-order valence-electron chi connectivity index (χ3n) is 3.47. The molecule has 0 N–H and O–H groups in total. The second-order valence-electron chi connectivity index (χ2n) is 4.60. The summed E-state index contributed by atoms with van der Waals surface area (Å²) >= 11 is 1.74. The molecule has 1 aromatic heterocycles. The summed E-state index contributed by atoms with van der Waals surface area (Å²) in [5.41, 5.74) is 3.72. The van der Waals surface area contributed by atoms with Crippen LogP contribution in [0.4, 0.5) is 0 Å². The van der Waals surface area contributed by atoms with Gasteiger partial charge in [-0.3, -0.25) is 0 Å². The second-order valence-corrected chi connectivity index (χ2v) is 5.58. The molecule has 2 heterocycles. The highest BCUT2D eigenvalue weighted by Crippen LogP contribution is 2.45. The Kier molecular flexibility index (Phi) is 2.42. The Morgan fingerprint density at radius 3 is 2.42 bits per heavy atom. The molecule has 0 radical (unpaired) electrons. The molecule has 2 heteroatoms. The van der Waals surface area contributed by atoms with Gasteiger partial charge in [0, 0.05) is 16.0 Å². The monoisotopic (exact) mass is 264 g/mol. The Bertz CT molecular complexity index is 716. The van der Waals surface area contributed by atoms with Crippen LogP contribution in [0, 0.1) is 0 Å². The van der Waals surface area contributed by atoms with E-state index in [0.29, 0.717) is 0 Å². The van der Waals surface area contributed by atoms with Crippen LogP contribution in [-0.4, -0.2) is 0 Å². The Morgan fingerprint density at radius 2 is 1.58 bits per heavy atom. The van der Waals surface area contributed by atoms with Gasteiger partial charge >= 0.3 is 0 Å². The molecule has 2 aromatic carbocycles. The summed E-state index contributed by atoms with van der Waals surface area (Å²) in [6.45, 7) is 0. The fraction of sp³-hybridized carbons (Fsp3) is 0.0588. The molecule has 0 bridgehead atoms. The maximum atomic E-state index is 6.21. The summed E-state index contributed by atoms with van der Waals surface area (Å²) in [7, 11) is 0. The van der Waals surface area contributed by atoms with Gasteiger partial charge in [0.15, 0.2) is 6.10 Å². The zero-order valence-electron chi connectivity index (χ0n) is 10.2. The van der Waals surface area contributed by atoms with Crippen molar-refractivity contribution in [2.75, 3.05) is 0 Å². The molecule has 1 aliphatic heterocycles. The highest BCUT2D eigenvalue weighted by atomic mass is 32.1. The van der Waals surface area contributed by atoms with E-state index >= 15 is 0 Å². The molecule has 1 nitrogen and oxygen atoms in total. The molecular formula is C17H12OS. The summed E-state index contributed by atoms with van der Waals surface area (Å²) in [5, 5.41) is 2.10. The van der Waals surface area contributed by atoms with Gasteiger partial charge in [0.25, 0.3) is 0 Å². The molecule has 3 aromatic rings. The molecule has 0 amide bonds. The molecule has 1 atom stereocenters. The third-order valence-corrected chi connectivity index (χ3v) is 4.38. The average Bonchev–Trinajstić information content (AvgIpc) is 3.00. The SMILES string of the molecule is c1csc(C2Oc3ccccc3-c3ccccc32)c1. The second kappa shape index (κ2) is 4.25. The van der Waals surface area contributed by atoms with Gasteiger partial charge in [-0.25, -0.2) is 0 Å². The van der Waals surface area contributed by atoms with Crippen molar-refractivity contribution >= 4 is 11.3 Å². The van der Waals surface area contributed by atoms with Crippen LogP contribution in [0.25, 0.3) is 11.1 Å². The minimum atomic E-state index is 0.0195. The number of hydrogen-bond acceptors (Lipinski definition) is 2. The Balaban J connectivity index is 1.95. The maximum Gasteiger partial charge on any atom is 0.159 e. The first kappa shape index (κ1) is 10.8. The van der Waals surface area contributed by atoms with E-state index in [4.69, 9.17) is 4.74 Å². The van der Waals surface area contributed by atoms with Crippen molar-refractivity contribution in [1.82, 2.24) is 0 Å². The van der Waals surface area contributed by atoms with E-state index < -0.39 is 0 Å². The zero-order chi connectivity index (χ0) is 12.7. The van der Waals surface area contributed by atoms with E-state index in [1.165, 1.54) is 21.6 Å². The largest absolute Gasteiger partial charge is 0.479 e. The van der Waals surface area contributed by atoms with Crippen LogP contribution in [0.1, 0.15) is 16.5 Å². The molecule has 0 fully saturated rings. The molecule has 0 saturated carbocycles. The first-order valence-corrected chi connectivity index (χ1v) is 7.20. The van der Waals surface area contributed by atoms with E-state index in [1.54, 1.807) is 11.3 Å². The Hall–Kier alpha value is -2.06. The van der Waals surface area contributed by atoms with Crippen LogP contribution in [0.2, 0.25) is 0 Å². The summed E-state index contributed by atoms with van der Waals surface area (Å²) in [5.74, 6) is 0.972. The van der Waals surface area contributed by atoms with Crippen molar-refractivity contribution in [1.29, 1.82) is 0 Å². The van der Waals surface area contributed by atoms with Crippen LogP contribution in [0.15, 0.2) is 66.0 Å². The number of ether oxygens (including phenoxy) is 1. The topological polar surface area (TPSA) is 9.23 Å². The average molecular weight is 264 g/mol. The lowest BCUT2D eigenvalue weighted by Gasteiger charge is -2.28. The van der Waals surface area contributed by atoms with Crippen LogP contribution in [0.5, 0.6) is 5.75 Å². The number of benzene rings is 2. The number of rotatable bonds is 1. The van der Waals surface area contributed by atoms with Crippen LogP contribution in [0.3, 0.4) is 0 Å². The van der Waals surface area contributed by atoms with Gasteiger partial charge in [-0.05, 0) is 23.1 Å². The van der Waals surface area contributed by atoms with Crippen molar-refractivity contribution in [2.45, 2.75) is 6.10 Å². The minimum Gasteiger partial charge on any atom is -0.479 e. The van der Waals surface area contributed by atoms with Crippen LogP contribution < -0.4 is 4.74 Å². The normalized spacial score (nSPS) is 16.3. The van der Waals surface area contributed by atoms with E-state index in [-0.39, 0.29) is 6.10 Å². The first-order valence-electron chi connectivity index (χ1n) is 6.32. The third kappa shape index (κ3) is 1.68. The summed E-state index contributed by atoms with van der Waals surface area (Å²) in [6.07, 6.45) is 0.0195. The lowest BCUT2D eigenvalue weighted by molar-refractivity contribution is 0.247. The highest BCUT2D eigenvalue weighted by Gasteiger charge is 2.27. The number of thiophene rings is 1. The predicted molar refractivity (Wildman–Crippen MR) is 78.7 cm³/mol. The van der Waals surface area contributed by atoms with E-state index in [2.05, 4.69) is 53.9 Å². The molecular weight excluding hydrogens is 252 g/mol. The molecule has 0 saturated heterocycles. The quantitative estimate of drug-likeness (QED) is 0.607. The molecule has 1 unspecified atom stereocenters. The van der Waals surface area contributed by atoms with Gasteiger partial charge in [0.05, 0.1) is 0 Å². The van der Waals surface area contributed by atoms with Gasteiger partial charge in [0.2, 0.25) is 0 Å². The summed E-state index contributed by atoms with van der Waals surface area (Å²) in [4.78, 5) is 1.25. The van der Waals surface area contributed by atoms with Crippen molar-refractivity contribution in [3.8, 4) is 16.9 Å². The predicted octanol–water partition coefficient (Wildman–Crippen LogP) is 4.90. The first-order chi connectivity index (χ1) is 9.43. The molecule has 4 rings (SSSR count). The van der Waals surface area contributed by atoms with E-state index in [1.807, 2.05) is 12.1 Å². The Morgan fingerprint density at radius 1 is 0.789 bits per heavy atom. The fourth-order valence-electron chi connectivity index (χ4n) is 2.61. The van der Waals surface area contributed by atoms with E-state index in [9.17, 15) is 0 Å². The van der Waals surface area contributed by atoms with Crippen LogP contribution in [-0.2, 0) is 0 Å². The fourth-order valence-corrected chi connectivity index (χ4v) is 3.38. The van der Waals surface area contributed by atoms with Crippen molar-refractivity contribution in [3.05, 3.63) is 76.5 Å². The smallest absolute Gasteiger partial charge is 0.159 e. The van der Waals surface area contributed by atoms with Gasteiger partial charge in [-0.15, -0.1) is 11.3 Å². The van der Waals surface area contributed by atoms with E-state index in [0.717, 1.165) is 5.75 Å². The standard InChI is InChI=1S/C17H12OS/c1-2-8-14-12(6-1)13-7-3-4-9-15(13)18-17(14)16-10-5-11-19-16/h1-11,17H. The van der Waals surface area contributed by atoms with Crippen molar-refractivity contribution < 1.29 is 4.74 Å². The number of para-hydroxylation sites is 1. The lowest BCUT2D eigenvalue weighted by Crippen LogP contribution is -2.14. The molecule has 0 spiro atoms. The van der Waals surface area contributed by atoms with Crippen LogP contribution >= 0.6 is 11.3 Å².